The van der Waals surface area contributed by atoms with Gasteiger partial charge in [0.1, 0.15) is 22.1 Å². The van der Waals surface area contributed by atoms with Crippen LogP contribution in [0.3, 0.4) is 0 Å². The van der Waals surface area contributed by atoms with E-state index in [0.717, 1.165) is 12.5 Å². The lowest BCUT2D eigenvalue weighted by Gasteiger charge is -2.45. The molecule has 0 spiro atoms. The zero-order valence-corrected chi connectivity index (χ0v) is 19.3. The topological polar surface area (TPSA) is 114 Å². The summed E-state index contributed by atoms with van der Waals surface area (Å²) < 4.78 is 19.9. The van der Waals surface area contributed by atoms with E-state index in [1.54, 1.807) is 39.1 Å². The number of aliphatic hydroxyl groups excluding tert-OH is 1. The maximum absolute atomic E-state index is 14.3. The van der Waals surface area contributed by atoms with E-state index in [4.69, 9.17) is 10.5 Å². The van der Waals surface area contributed by atoms with E-state index < -0.39 is 22.9 Å². The summed E-state index contributed by atoms with van der Waals surface area (Å²) in [6, 6.07) is 3.33. The molecule has 1 amide bonds. The number of hydrogen-bond donors (Lipinski definition) is 2. The van der Waals surface area contributed by atoms with Crippen LogP contribution < -0.4 is 10.6 Å². The summed E-state index contributed by atoms with van der Waals surface area (Å²) in [4.78, 5) is 19.4. The van der Waals surface area contributed by atoms with Crippen molar-refractivity contribution in [1.29, 1.82) is 0 Å². The zero-order chi connectivity index (χ0) is 23.5. The predicted molar refractivity (Wildman–Crippen MR) is 121 cm³/mol. The highest BCUT2D eigenvalue weighted by Crippen LogP contribution is 2.47. The van der Waals surface area contributed by atoms with Gasteiger partial charge in [-0.05, 0) is 51.8 Å². The van der Waals surface area contributed by atoms with Gasteiger partial charge in [-0.3, -0.25) is 4.90 Å². The summed E-state index contributed by atoms with van der Waals surface area (Å²) in [5.41, 5.74) is 5.27. The van der Waals surface area contributed by atoms with Gasteiger partial charge in [0.2, 0.25) is 0 Å². The Morgan fingerprint density at radius 2 is 2.12 bits per heavy atom. The minimum atomic E-state index is -0.731. The van der Waals surface area contributed by atoms with Crippen LogP contribution in [-0.2, 0) is 11.3 Å². The van der Waals surface area contributed by atoms with Crippen molar-refractivity contribution in [2.75, 3.05) is 11.4 Å². The van der Waals surface area contributed by atoms with Crippen LogP contribution in [0.5, 0.6) is 0 Å². The highest BCUT2D eigenvalue weighted by Gasteiger charge is 2.44. The summed E-state index contributed by atoms with van der Waals surface area (Å²) in [5.74, 6) is -0.321. The first kappa shape index (κ1) is 23.8. The van der Waals surface area contributed by atoms with Crippen LogP contribution in [0.1, 0.15) is 44.9 Å². The van der Waals surface area contributed by atoms with Crippen molar-refractivity contribution in [3.8, 4) is 10.7 Å². The van der Waals surface area contributed by atoms with Crippen LogP contribution in [0, 0.1) is 5.41 Å². The molecule has 0 aliphatic heterocycles. The number of anilines is 1. The average Bonchev–Trinajstić information content (AvgIpc) is 3.20. The second-order valence-corrected chi connectivity index (χ2v) is 9.85. The van der Waals surface area contributed by atoms with E-state index in [-0.39, 0.29) is 24.7 Å². The number of thiazole rings is 1. The summed E-state index contributed by atoms with van der Waals surface area (Å²) in [7, 11) is 0. The van der Waals surface area contributed by atoms with E-state index >= 15 is 0 Å². The molecule has 32 heavy (non-hydrogen) atoms. The number of nitrogens with two attached hydrogens (primary N) is 1. The lowest BCUT2D eigenvalue weighted by molar-refractivity contribution is 0.0545. The molecule has 0 atom stereocenters. The first-order chi connectivity index (χ1) is 15.1. The standard InChI is InChI=1S/C22H28FN5O3S/c1-5-15(23)18(24)22(9-6-10-22)13-28(20(30)31-21(2,3)4)17-8-7-16(26-27-17)19-25-11-14(12-29)32-19/h5,7-8,11,29H,1,6,9-10,12-13,24H2,2-4H3/b18-15+. The number of amides is 1. The molecule has 0 saturated heterocycles. The van der Waals surface area contributed by atoms with Gasteiger partial charge in [-0.25, -0.2) is 14.2 Å². The number of nitrogens with zero attached hydrogens (tertiary/aromatic N) is 4. The molecule has 3 N–H and O–H groups in total. The number of allylic oxidation sites excluding steroid dienone is 2. The number of halogens is 1. The molecule has 0 radical (unpaired) electrons. The largest absolute Gasteiger partial charge is 0.443 e. The molecule has 3 rings (SSSR count). The first-order valence-electron chi connectivity index (χ1n) is 10.3. The summed E-state index contributed by atoms with van der Waals surface area (Å²) in [5, 5.41) is 18.3. The van der Waals surface area contributed by atoms with Gasteiger partial charge in [0.15, 0.2) is 5.82 Å². The lowest BCUT2D eigenvalue weighted by Crippen LogP contribution is -2.49. The Balaban J connectivity index is 1.94. The molecule has 2 aromatic heterocycles. The molecule has 2 heterocycles. The molecule has 0 bridgehead atoms. The van der Waals surface area contributed by atoms with E-state index in [9.17, 15) is 14.3 Å². The van der Waals surface area contributed by atoms with Crippen LogP contribution in [0.2, 0.25) is 0 Å². The molecule has 8 nitrogen and oxygen atoms in total. The lowest BCUT2D eigenvalue weighted by atomic mass is 9.66. The molecule has 0 aromatic carbocycles. The highest BCUT2D eigenvalue weighted by atomic mass is 32.1. The van der Waals surface area contributed by atoms with Crippen molar-refractivity contribution >= 4 is 23.2 Å². The van der Waals surface area contributed by atoms with Crippen LogP contribution in [0.25, 0.3) is 10.7 Å². The third kappa shape index (κ3) is 5.13. The smallest absolute Gasteiger partial charge is 0.416 e. The third-order valence-corrected chi connectivity index (χ3v) is 6.25. The van der Waals surface area contributed by atoms with Crippen LogP contribution in [-0.4, -0.2) is 38.5 Å². The minimum absolute atomic E-state index is 0.0798. The summed E-state index contributed by atoms with van der Waals surface area (Å²) >= 11 is 1.30. The van der Waals surface area contributed by atoms with Crippen molar-refractivity contribution in [2.24, 2.45) is 11.1 Å². The Labute approximate surface area is 190 Å². The fourth-order valence-electron chi connectivity index (χ4n) is 3.42. The molecule has 172 valence electrons. The average molecular weight is 462 g/mol. The van der Waals surface area contributed by atoms with Crippen molar-refractivity contribution in [2.45, 2.75) is 52.2 Å². The normalized spacial score (nSPS) is 16.0. The molecule has 1 fully saturated rings. The van der Waals surface area contributed by atoms with E-state index in [1.165, 1.54) is 16.2 Å². The quantitative estimate of drug-likeness (QED) is 0.590. The van der Waals surface area contributed by atoms with Gasteiger partial charge < -0.3 is 15.6 Å². The van der Waals surface area contributed by atoms with E-state index in [2.05, 4.69) is 21.8 Å². The van der Waals surface area contributed by atoms with Crippen molar-refractivity contribution in [3.63, 3.8) is 0 Å². The number of carbonyl (C=O) groups is 1. The highest BCUT2D eigenvalue weighted by molar-refractivity contribution is 7.14. The molecular weight excluding hydrogens is 433 g/mol. The SMILES string of the molecule is C=C/C(F)=C(\N)C1(CN(C(=O)OC(C)(C)C)c2ccc(-c3ncc(CO)s3)nn2)CCC1. The summed E-state index contributed by atoms with van der Waals surface area (Å²) in [6.45, 7) is 8.77. The number of ether oxygens (including phenoxy) is 1. The maximum Gasteiger partial charge on any atom is 0.416 e. The third-order valence-electron chi connectivity index (χ3n) is 5.25. The minimum Gasteiger partial charge on any atom is -0.443 e. The number of rotatable bonds is 7. The second kappa shape index (κ2) is 9.33. The molecule has 2 aromatic rings. The molecular formula is C22H28FN5O3S. The Kier molecular flexibility index (Phi) is 6.94. The molecule has 0 unspecified atom stereocenters. The van der Waals surface area contributed by atoms with Gasteiger partial charge in [-0.15, -0.1) is 21.5 Å². The van der Waals surface area contributed by atoms with Crippen molar-refractivity contribution in [1.82, 2.24) is 15.2 Å². The number of carbonyl (C=O) groups excluding carboxylic acids is 1. The van der Waals surface area contributed by atoms with Crippen LogP contribution >= 0.6 is 11.3 Å². The fraction of sp³-hybridized carbons (Fsp3) is 0.455. The summed E-state index contributed by atoms with van der Waals surface area (Å²) in [6.07, 6.45) is 4.18. The Hall–Kier alpha value is -2.85. The number of aliphatic hydroxyl groups is 1. The van der Waals surface area contributed by atoms with Gasteiger partial charge in [-0.1, -0.05) is 13.0 Å². The van der Waals surface area contributed by atoms with E-state index in [1.807, 2.05) is 0 Å². The Morgan fingerprint density at radius 1 is 1.41 bits per heavy atom. The van der Waals surface area contributed by atoms with Crippen molar-refractivity contribution < 1.29 is 19.0 Å². The monoisotopic (exact) mass is 461 g/mol. The second-order valence-electron chi connectivity index (χ2n) is 8.73. The molecule has 10 heteroatoms. The van der Waals surface area contributed by atoms with E-state index in [0.29, 0.717) is 28.4 Å². The Bertz CT molecular complexity index is 1010. The van der Waals surface area contributed by atoms with Gasteiger partial charge >= 0.3 is 6.09 Å². The molecule has 1 aliphatic carbocycles. The fourth-order valence-corrected chi connectivity index (χ4v) is 4.16. The number of aromatic nitrogens is 3. The van der Waals surface area contributed by atoms with Crippen LogP contribution in [0.4, 0.5) is 15.0 Å². The van der Waals surface area contributed by atoms with Gasteiger partial charge in [0, 0.05) is 18.2 Å². The van der Waals surface area contributed by atoms with Gasteiger partial charge in [0.25, 0.3) is 0 Å². The predicted octanol–water partition coefficient (Wildman–Crippen LogP) is 4.33. The Morgan fingerprint density at radius 3 is 2.59 bits per heavy atom. The number of hydrogen-bond acceptors (Lipinski definition) is 8. The maximum atomic E-state index is 14.3. The zero-order valence-electron chi connectivity index (χ0n) is 18.5. The van der Waals surface area contributed by atoms with Gasteiger partial charge in [-0.2, -0.15) is 0 Å². The van der Waals surface area contributed by atoms with Crippen molar-refractivity contribution in [3.05, 3.63) is 47.4 Å². The van der Waals surface area contributed by atoms with Gasteiger partial charge in [0.05, 0.1) is 17.2 Å². The molecule has 1 saturated carbocycles. The van der Waals surface area contributed by atoms with Crippen LogP contribution in [0.15, 0.2) is 42.5 Å². The molecule has 1 aliphatic rings. The first-order valence-corrected chi connectivity index (χ1v) is 11.1.